The van der Waals surface area contributed by atoms with Crippen LogP contribution in [0.3, 0.4) is 0 Å². The molecule has 0 nitrogen and oxygen atoms in total. The molecule has 0 saturated heterocycles. The van der Waals surface area contributed by atoms with Crippen molar-refractivity contribution in [3.05, 3.63) is 34.7 Å². The number of fused-ring (bicyclic) bond motifs is 1. The van der Waals surface area contributed by atoms with Gasteiger partial charge in [-0.25, -0.2) is 0 Å². The molecule has 1 heterocycles. The van der Waals surface area contributed by atoms with Gasteiger partial charge in [0.15, 0.2) is 0 Å². The van der Waals surface area contributed by atoms with Crippen molar-refractivity contribution in [2.75, 3.05) is 0 Å². The zero-order valence-electron chi connectivity index (χ0n) is 6.80. The van der Waals surface area contributed by atoms with Crippen LogP contribution in [0.2, 0.25) is 0 Å². The van der Waals surface area contributed by atoms with Crippen molar-refractivity contribution in [3.8, 4) is 0 Å². The van der Waals surface area contributed by atoms with E-state index in [1.165, 1.54) is 20.5 Å². The Balaban J connectivity index is 2.67. The second-order valence-electron chi connectivity index (χ2n) is 2.89. The van der Waals surface area contributed by atoms with Crippen molar-refractivity contribution in [1.82, 2.24) is 0 Å². The number of thiophene rings is 1. The molecule has 0 bridgehead atoms. The molecule has 1 aromatic heterocycles. The summed E-state index contributed by atoms with van der Waals surface area (Å²) in [6, 6.07) is 8.93. The molecule has 0 spiro atoms. The third-order valence-electron chi connectivity index (χ3n) is 1.85. The quantitative estimate of drug-likeness (QED) is 0.546. The molecule has 12 heavy (non-hydrogen) atoms. The molecule has 0 atom stereocenters. The van der Waals surface area contributed by atoms with Crippen LogP contribution < -0.4 is 0 Å². The van der Waals surface area contributed by atoms with Crippen LogP contribution >= 0.6 is 33.9 Å². The smallest absolute Gasteiger partial charge is 0.0346 e. The first-order valence-corrected chi connectivity index (χ1v) is 6.19. The molecule has 0 fully saturated rings. The lowest BCUT2D eigenvalue weighted by Gasteiger charge is -1.89. The third-order valence-corrected chi connectivity index (χ3v) is 4.31. The van der Waals surface area contributed by atoms with Crippen LogP contribution in [0, 0.1) is 6.92 Å². The number of halogens is 1. The lowest BCUT2D eigenvalue weighted by atomic mass is 10.2. The number of rotatable bonds is 1. The molecule has 0 amide bonds. The highest BCUT2D eigenvalue weighted by atomic mass is 127. The summed E-state index contributed by atoms with van der Waals surface area (Å²) in [5, 5.41) is 1.40. The Bertz CT molecular complexity index is 403. The van der Waals surface area contributed by atoms with E-state index in [0.717, 1.165) is 4.43 Å². The van der Waals surface area contributed by atoms with Gasteiger partial charge >= 0.3 is 0 Å². The Hall–Kier alpha value is -0.0900. The van der Waals surface area contributed by atoms with E-state index in [9.17, 15) is 0 Å². The fraction of sp³-hybridized carbons (Fsp3) is 0.200. The van der Waals surface area contributed by atoms with Crippen LogP contribution in [0.5, 0.6) is 0 Å². The van der Waals surface area contributed by atoms with Gasteiger partial charge in [0.05, 0.1) is 0 Å². The average Bonchev–Trinajstić information content (AvgIpc) is 2.46. The minimum absolute atomic E-state index is 1.12. The fourth-order valence-corrected chi connectivity index (χ4v) is 2.87. The summed E-state index contributed by atoms with van der Waals surface area (Å²) in [6.07, 6.45) is 0. The van der Waals surface area contributed by atoms with Crippen LogP contribution in [0.15, 0.2) is 24.3 Å². The first kappa shape index (κ1) is 8.51. The van der Waals surface area contributed by atoms with Crippen molar-refractivity contribution in [3.63, 3.8) is 0 Å². The number of aryl methyl sites for hydroxylation is 1. The normalized spacial score (nSPS) is 10.8. The Labute approximate surface area is 89.7 Å². The van der Waals surface area contributed by atoms with E-state index in [0.29, 0.717) is 0 Å². The van der Waals surface area contributed by atoms with Gasteiger partial charge in [-0.2, -0.15) is 0 Å². The zero-order valence-corrected chi connectivity index (χ0v) is 9.78. The SMILES string of the molecule is Cc1ccc2sc(CI)cc2c1. The van der Waals surface area contributed by atoms with Crippen molar-refractivity contribution in [1.29, 1.82) is 0 Å². The second-order valence-corrected chi connectivity index (χ2v) is 4.82. The van der Waals surface area contributed by atoms with Crippen LogP contribution in [0.1, 0.15) is 10.4 Å². The summed E-state index contributed by atoms with van der Waals surface area (Å²) in [6.45, 7) is 2.14. The lowest BCUT2D eigenvalue weighted by molar-refractivity contribution is 1.51. The van der Waals surface area contributed by atoms with E-state index < -0.39 is 0 Å². The third kappa shape index (κ3) is 1.50. The van der Waals surface area contributed by atoms with Gasteiger partial charge in [-0.1, -0.05) is 40.3 Å². The highest BCUT2D eigenvalue weighted by Crippen LogP contribution is 2.27. The van der Waals surface area contributed by atoms with Gasteiger partial charge in [0.2, 0.25) is 0 Å². The minimum atomic E-state index is 1.12. The number of benzene rings is 1. The molecular formula is C10H9IS. The predicted molar refractivity (Wildman–Crippen MR) is 64.3 cm³/mol. The minimum Gasteiger partial charge on any atom is -0.139 e. The number of hydrogen-bond donors (Lipinski definition) is 0. The molecule has 0 unspecified atom stereocenters. The molecule has 0 aliphatic heterocycles. The maximum Gasteiger partial charge on any atom is 0.0346 e. The summed E-state index contributed by atoms with van der Waals surface area (Å²) in [7, 11) is 0. The summed E-state index contributed by atoms with van der Waals surface area (Å²) < 4.78 is 2.53. The van der Waals surface area contributed by atoms with Gasteiger partial charge in [-0.05, 0) is 24.4 Å². The van der Waals surface area contributed by atoms with E-state index >= 15 is 0 Å². The van der Waals surface area contributed by atoms with Crippen molar-refractivity contribution >= 4 is 44.0 Å². The highest BCUT2D eigenvalue weighted by Gasteiger charge is 1.99. The zero-order chi connectivity index (χ0) is 8.55. The molecule has 0 saturated carbocycles. The molecule has 0 radical (unpaired) electrons. The van der Waals surface area contributed by atoms with E-state index in [1.807, 2.05) is 11.3 Å². The second kappa shape index (κ2) is 3.34. The molecule has 0 N–H and O–H groups in total. The molecule has 0 aliphatic rings. The lowest BCUT2D eigenvalue weighted by Crippen LogP contribution is -1.67. The standard InChI is InChI=1S/C10H9IS/c1-7-2-3-10-8(4-7)5-9(6-11)12-10/h2-5H,6H2,1H3. The van der Waals surface area contributed by atoms with E-state index in [-0.39, 0.29) is 0 Å². The first-order valence-electron chi connectivity index (χ1n) is 3.84. The molecular weight excluding hydrogens is 279 g/mol. The summed E-state index contributed by atoms with van der Waals surface area (Å²) in [5.74, 6) is 0. The molecule has 0 aliphatic carbocycles. The topological polar surface area (TPSA) is 0 Å². The molecule has 2 rings (SSSR count). The van der Waals surface area contributed by atoms with Crippen molar-refractivity contribution in [2.24, 2.45) is 0 Å². The molecule has 2 aromatic rings. The van der Waals surface area contributed by atoms with Gasteiger partial charge in [0.1, 0.15) is 0 Å². The molecule has 1 aromatic carbocycles. The van der Waals surface area contributed by atoms with Gasteiger partial charge in [-0.3, -0.25) is 0 Å². The van der Waals surface area contributed by atoms with E-state index in [2.05, 4.69) is 53.8 Å². The average molecular weight is 288 g/mol. The van der Waals surface area contributed by atoms with Crippen LogP contribution in [-0.2, 0) is 4.43 Å². The van der Waals surface area contributed by atoms with Crippen molar-refractivity contribution in [2.45, 2.75) is 11.4 Å². The summed E-state index contributed by atoms with van der Waals surface area (Å²) >= 11 is 4.31. The fourth-order valence-electron chi connectivity index (χ4n) is 1.28. The Kier molecular flexibility index (Phi) is 2.37. The Morgan fingerprint density at radius 2 is 2.17 bits per heavy atom. The van der Waals surface area contributed by atoms with Crippen LogP contribution in [0.4, 0.5) is 0 Å². The number of alkyl halides is 1. The van der Waals surface area contributed by atoms with Crippen LogP contribution in [0.25, 0.3) is 10.1 Å². The monoisotopic (exact) mass is 288 g/mol. The van der Waals surface area contributed by atoms with Gasteiger partial charge in [0, 0.05) is 14.0 Å². The summed E-state index contributed by atoms with van der Waals surface area (Å²) in [4.78, 5) is 1.47. The van der Waals surface area contributed by atoms with Gasteiger partial charge in [-0.15, -0.1) is 11.3 Å². The highest BCUT2D eigenvalue weighted by molar-refractivity contribution is 14.1. The number of hydrogen-bond acceptors (Lipinski definition) is 1. The van der Waals surface area contributed by atoms with E-state index in [4.69, 9.17) is 0 Å². The first-order chi connectivity index (χ1) is 5.79. The molecule has 2 heteroatoms. The largest absolute Gasteiger partial charge is 0.139 e. The Morgan fingerprint density at radius 1 is 1.33 bits per heavy atom. The van der Waals surface area contributed by atoms with Crippen LogP contribution in [-0.4, -0.2) is 0 Å². The Morgan fingerprint density at radius 3 is 2.92 bits per heavy atom. The maximum atomic E-state index is 2.41. The molecule has 62 valence electrons. The summed E-state index contributed by atoms with van der Waals surface area (Å²) in [5.41, 5.74) is 1.35. The van der Waals surface area contributed by atoms with E-state index in [1.54, 1.807) is 0 Å². The van der Waals surface area contributed by atoms with Gasteiger partial charge < -0.3 is 0 Å². The maximum absolute atomic E-state index is 2.41. The van der Waals surface area contributed by atoms with Crippen molar-refractivity contribution < 1.29 is 0 Å². The predicted octanol–water partition coefficient (Wildman–Crippen LogP) is 4.14. The van der Waals surface area contributed by atoms with Gasteiger partial charge in [0.25, 0.3) is 0 Å².